The summed E-state index contributed by atoms with van der Waals surface area (Å²) in [6, 6.07) is 14.7. The lowest BCUT2D eigenvalue weighted by Crippen LogP contribution is -2.18. The van der Waals surface area contributed by atoms with Gasteiger partial charge in [-0.15, -0.1) is 0 Å². The van der Waals surface area contributed by atoms with Crippen molar-refractivity contribution < 1.29 is 9.18 Å². The number of carbonyl (C=O) groups excluding carboxylic acids is 1. The van der Waals surface area contributed by atoms with E-state index in [1.54, 1.807) is 12.1 Å². The van der Waals surface area contributed by atoms with E-state index in [-0.39, 0.29) is 17.6 Å². The second-order valence-electron chi connectivity index (χ2n) is 6.88. The number of nitrogens with zero attached hydrogens (tertiary/aromatic N) is 1. The Kier molecular flexibility index (Phi) is 4.88. The lowest BCUT2D eigenvalue weighted by Gasteiger charge is -2.19. The van der Waals surface area contributed by atoms with E-state index in [1.165, 1.54) is 12.1 Å². The molecule has 2 aromatic carbocycles. The maximum atomic E-state index is 13.1. The summed E-state index contributed by atoms with van der Waals surface area (Å²) in [4.78, 5) is 11.5. The van der Waals surface area contributed by atoms with Crippen LogP contribution < -0.4 is 5.73 Å². The Morgan fingerprint density at radius 1 is 1.12 bits per heavy atom. The summed E-state index contributed by atoms with van der Waals surface area (Å²) in [5, 5.41) is 1.14. The van der Waals surface area contributed by atoms with E-state index in [1.807, 2.05) is 12.1 Å². The van der Waals surface area contributed by atoms with Crippen LogP contribution in [-0.4, -0.2) is 10.5 Å². The first-order valence-corrected chi connectivity index (χ1v) is 8.56. The number of hydrogen-bond acceptors (Lipinski definition) is 1. The largest absolute Gasteiger partial charge is 0.370 e. The maximum absolute atomic E-state index is 13.1. The molecule has 0 aliphatic rings. The van der Waals surface area contributed by atoms with Crippen molar-refractivity contribution in [2.45, 2.75) is 32.7 Å². The molecule has 0 spiro atoms. The molecule has 0 radical (unpaired) electrons. The van der Waals surface area contributed by atoms with Gasteiger partial charge in [0.2, 0.25) is 5.91 Å². The number of benzene rings is 2. The van der Waals surface area contributed by atoms with Crippen LogP contribution in [0.1, 0.15) is 37.3 Å². The van der Waals surface area contributed by atoms with E-state index in [2.05, 4.69) is 36.7 Å². The van der Waals surface area contributed by atoms with E-state index < -0.39 is 0 Å². The van der Waals surface area contributed by atoms with Crippen molar-refractivity contribution in [1.82, 2.24) is 4.57 Å². The van der Waals surface area contributed by atoms with Crippen LogP contribution >= 0.6 is 0 Å². The molecule has 1 amide bonds. The lowest BCUT2D eigenvalue weighted by molar-refractivity contribution is -0.118. The first-order valence-electron chi connectivity index (χ1n) is 8.56. The third-order valence-corrected chi connectivity index (χ3v) is 4.71. The zero-order valence-electron chi connectivity index (χ0n) is 14.6. The molecule has 3 rings (SSSR count). The molecule has 4 heteroatoms. The number of nitrogens with two attached hydrogens (primary N) is 1. The summed E-state index contributed by atoms with van der Waals surface area (Å²) in [6.45, 7) is 4.88. The summed E-state index contributed by atoms with van der Waals surface area (Å²) in [5.74, 6) is -0.133. The van der Waals surface area contributed by atoms with Gasteiger partial charge in [0.1, 0.15) is 5.82 Å². The van der Waals surface area contributed by atoms with Gasteiger partial charge in [-0.05, 0) is 41.2 Å². The van der Waals surface area contributed by atoms with E-state index in [0.717, 1.165) is 22.0 Å². The molecule has 3 nitrogen and oxygen atoms in total. The van der Waals surface area contributed by atoms with Crippen LogP contribution in [0.4, 0.5) is 4.39 Å². The molecule has 0 saturated heterocycles. The van der Waals surface area contributed by atoms with Gasteiger partial charge in [0, 0.05) is 30.1 Å². The van der Waals surface area contributed by atoms with E-state index in [0.29, 0.717) is 18.9 Å². The summed E-state index contributed by atoms with van der Waals surface area (Å²) >= 11 is 0. The summed E-state index contributed by atoms with van der Waals surface area (Å²) < 4.78 is 15.3. The highest BCUT2D eigenvalue weighted by molar-refractivity contribution is 5.85. The smallest absolute Gasteiger partial charge is 0.218 e. The monoisotopic (exact) mass is 338 g/mol. The molecule has 0 bridgehead atoms. The van der Waals surface area contributed by atoms with E-state index in [4.69, 9.17) is 5.73 Å². The molecular formula is C21H23FN2O. The lowest BCUT2D eigenvalue weighted by atomic mass is 9.85. The molecule has 1 atom stereocenters. The number of halogens is 1. The van der Waals surface area contributed by atoms with Gasteiger partial charge in [-0.3, -0.25) is 4.79 Å². The topological polar surface area (TPSA) is 48.0 Å². The van der Waals surface area contributed by atoms with Gasteiger partial charge in [0.05, 0.1) is 0 Å². The average Bonchev–Trinajstić information content (AvgIpc) is 2.93. The zero-order chi connectivity index (χ0) is 18.0. The van der Waals surface area contributed by atoms with E-state index in [9.17, 15) is 9.18 Å². The van der Waals surface area contributed by atoms with Gasteiger partial charge in [0.25, 0.3) is 0 Å². The highest BCUT2D eigenvalue weighted by Crippen LogP contribution is 2.34. The Morgan fingerprint density at radius 2 is 1.80 bits per heavy atom. The number of carbonyl (C=O) groups is 1. The second kappa shape index (κ2) is 7.09. The van der Waals surface area contributed by atoms with Crippen LogP contribution in [0.15, 0.2) is 54.7 Å². The van der Waals surface area contributed by atoms with Crippen molar-refractivity contribution in [1.29, 1.82) is 0 Å². The molecule has 2 N–H and O–H groups in total. The second-order valence-corrected chi connectivity index (χ2v) is 6.88. The SMILES string of the molecule is CC(C)[C@@H](CC(N)=O)c1cn(Cc2ccc(F)cc2)c2ccccc12. The van der Waals surface area contributed by atoms with Crippen LogP contribution in [0, 0.1) is 11.7 Å². The molecule has 0 unspecified atom stereocenters. The minimum atomic E-state index is -0.283. The first-order chi connectivity index (χ1) is 12.0. The Bertz CT molecular complexity index is 881. The minimum absolute atomic E-state index is 0.0804. The normalized spacial score (nSPS) is 12.6. The predicted molar refractivity (Wildman–Crippen MR) is 98.8 cm³/mol. The third-order valence-electron chi connectivity index (χ3n) is 4.71. The summed E-state index contributed by atoms with van der Waals surface area (Å²) in [7, 11) is 0. The van der Waals surface area contributed by atoms with Gasteiger partial charge >= 0.3 is 0 Å². The molecule has 0 fully saturated rings. The van der Waals surface area contributed by atoms with Gasteiger partial charge in [0.15, 0.2) is 0 Å². The minimum Gasteiger partial charge on any atom is -0.370 e. The van der Waals surface area contributed by atoms with Crippen molar-refractivity contribution in [3.8, 4) is 0 Å². The Labute approximate surface area is 147 Å². The fraction of sp³-hybridized carbons (Fsp3) is 0.286. The van der Waals surface area contributed by atoms with Crippen LogP contribution in [0.3, 0.4) is 0 Å². The molecule has 1 aromatic heterocycles. The van der Waals surface area contributed by atoms with Crippen LogP contribution in [0.2, 0.25) is 0 Å². The molecule has 3 aromatic rings. The fourth-order valence-corrected chi connectivity index (χ4v) is 3.41. The molecule has 0 aliphatic carbocycles. The standard InChI is InChI=1S/C21H23FN2O/c1-14(2)18(11-21(23)25)19-13-24(20-6-4-3-5-17(19)20)12-15-7-9-16(22)10-8-15/h3-10,13-14,18H,11-12H2,1-2H3,(H2,23,25)/t18-/m1/s1. The summed E-state index contributed by atoms with van der Waals surface area (Å²) in [6.07, 6.45) is 2.45. The van der Waals surface area contributed by atoms with Crippen molar-refractivity contribution >= 4 is 16.8 Å². The van der Waals surface area contributed by atoms with Crippen molar-refractivity contribution in [3.05, 3.63) is 71.7 Å². The molecule has 25 heavy (non-hydrogen) atoms. The molecule has 130 valence electrons. The summed E-state index contributed by atoms with van der Waals surface area (Å²) in [5.41, 5.74) is 8.76. The van der Waals surface area contributed by atoms with Crippen LogP contribution in [-0.2, 0) is 11.3 Å². The Morgan fingerprint density at radius 3 is 2.44 bits per heavy atom. The van der Waals surface area contributed by atoms with Gasteiger partial charge < -0.3 is 10.3 Å². The fourth-order valence-electron chi connectivity index (χ4n) is 3.41. The first kappa shape index (κ1) is 17.2. The maximum Gasteiger partial charge on any atom is 0.218 e. The van der Waals surface area contributed by atoms with E-state index >= 15 is 0 Å². The van der Waals surface area contributed by atoms with Gasteiger partial charge in [-0.25, -0.2) is 4.39 Å². The van der Waals surface area contributed by atoms with Crippen molar-refractivity contribution in [2.75, 3.05) is 0 Å². The van der Waals surface area contributed by atoms with Crippen LogP contribution in [0.5, 0.6) is 0 Å². The average molecular weight is 338 g/mol. The quantitative estimate of drug-likeness (QED) is 0.709. The number of fused-ring (bicyclic) bond motifs is 1. The highest BCUT2D eigenvalue weighted by Gasteiger charge is 2.22. The van der Waals surface area contributed by atoms with Crippen LogP contribution in [0.25, 0.3) is 10.9 Å². The molecular weight excluding hydrogens is 315 g/mol. The number of amides is 1. The Balaban J connectivity index is 2.05. The number of aromatic nitrogens is 1. The zero-order valence-corrected chi connectivity index (χ0v) is 14.6. The predicted octanol–water partition coefficient (Wildman–Crippen LogP) is 4.44. The molecule has 0 aliphatic heterocycles. The number of para-hydroxylation sites is 1. The number of primary amides is 1. The van der Waals surface area contributed by atoms with Gasteiger partial charge in [-0.1, -0.05) is 44.2 Å². The van der Waals surface area contributed by atoms with Crippen molar-refractivity contribution in [2.24, 2.45) is 11.7 Å². The highest BCUT2D eigenvalue weighted by atomic mass is 19.1. The number of rotatable bonds is 6. The molecule has 1 heterocycles. The Hall–Kier alpha value is -2.62. The van der Waals surface area contributed by atoms with Crippen molar-refractivity contribution in [3.63, 3.8) is 0 Å². The third kappa shape index (κ3) is 3.73. The number of hydrogen-bond donors (Lipinski definition) is 1. The van der Waals surface area contributed by atoms with Gasteiger partial charge in [-0.2, -0.15) is 0 Å². The molecule has 0 saturated carbocycles.